The van der Waals surface area contributed by atoms with Gasteiger partial charge in [-0.2, -0.15) is 0 Å². The predicted molar refractivity (Wildman–Crippen MR) is 132 cm³/mol. The molecule has 1 aliphatic rings. The van der Waals surface area contributed by atoms with Crippen molar-refractivity contribution in [2.24, 2.45) is 0 Å². The van der Waals surface area contributed by atoms with Gasteiger partial charge in [0.25, 0.3) is 0 Å². The maximum atomic E-state index is 6.07. The lowest BCUT2D eigenvalue weighted by molar-refractivity contribution is 0.144. The highest BCUT2D eigenvalue weighted by Crippen LogP contribution is 2.27. The Kier molecular flexibility index (Phi) is 7.25. The summed E-state index contributed by atoms with van der Waals surface area (Å²) < 4.78 is 19.7. The first kappa shape index (κ1) is 22.5. The van der Waals surface area contributed by atoms with E-state index in [1.807, 2.05) is 59.3 Å². The average Bonchev–Trinajstić information content (AvgIpc) is 3.40. The Morgan fingerprint density at radius 3 is 2.94 bits per heavy atom. The summed E-state index contributed by atoms with van der Waals surface area (Å²) in [7, 11) is 0. The number of aromatic nitrogens is 5. The zero-order valence-corrected chi connectivity index (χ0v) is 19.2. The predicted octanol–water partition coefficient (Wildman–Crippen LogP) is 4.41. The molecule has 35 heavy (non-hydrogen) atoms. The van der Waals surface area contributed by atoms with Crippen molar-refractivity contribution in [1.29, 1.82) is 0 Å². The number of pyridine rings is 1. The van der Waals surface area contributed by atoms with Crippen LogP contribution in [0.5, 0.6) is 11.6 Å². The molecule has 0 fully saturated rings. The molecule has 0 unspecified atom stereocenters. The lowest BCUT2D eigenvalue weighted by Crippen LogP contribution is -2.08. The van der Waals surface area contributed by atoms with Gasteiger partial charge < -0.3 is 24.1 Å². The van der Waals surface area contributed by atoms with Crippen molar-refractivity contribution in [3.05, 3.63) is 85.2 Å². The second-order valence-electron chi connectivity index (χ2n) is 7.87. The Labute approximate surface area is 203 Å². The van der Waals surface area contributed by atoms with Gasteiger partial charge in [0, 0.05) is 47.7 Å². The normalized spacial score (nSPS) is 14.6. The Morgan fingerprint density at radius 1 is 1.03 bits per heavy atom. The van der Waals surface area contributed by atoms with Crippen molar-refractivity contribution in [2.45, 2.75) is 19.6 Å². The molecule has 5 rings (SSSR count). The van der Waals surface area contributed by atoms with Gasteiger partial charge in [0.15, 0.2) is 0 Å². The number of fused-ring (bicyclic) bond motifs is 7. The highest BCUT2D eigenvalue weighted by atomic mass is 16.5. The van der Waals surface area contributed by atoms with Crippen LogP contribution in [0.25, 0.3) is 11.3 Å². The average molecular weight is 471 g/mol. The minimum Gasteiger partial charge on any atom is -0.491 e. The summed E-state index contributed by atoms with van der Waals surface area (Å²) in [5.41, 5.74) is 3.47. The monoisotopic (exact) mass is 470 g/mol. The Hall–Kier alpha value is -4.24. The van der Waals surface area contributed by atoms with Crippen LogP contribution in [0.15, 0.2) is 79.7 Å². The molecule has 0 saturated carbocycles. The summed E-state index contributed by atoms with van der Waals surface area (Å²) in [5, 5.41) is 3.29. The van der Waals surface area contributed by atoms with Gasteiger partial charge in [-0.1, -0.05) is 12.2 Å². The van der Waals surface area contributed by atoms with Crippen molar-refractivity contribution < 1.29 is 14.2 Å². The Balaban J connectivity index is 1.39. The van der Waals surface area contributed by atoms with Gasteiger partial charge in [0.1, 0.15) is 12.4 Å². The molecule has 6 bridgehead atoms. The number of hydrogen-bond acceptors (Lipinski definition) is 8. The molecule has 4 heterocycles. The SMILES string of the molecule is C1=C/COCc2cc(ccc2OCCn2ccnc2)Nc2nccc(n2)-c2ccnc(c2)OCC/1. The van der Waals surface area contributed by atoms with Crippen LogP contribution in [-0.2, 0) is 17.9 Å². The molecule has 178 valence electrons. The lowest BCUT2D eigenvalue weighted by atomic mass is 10.2. The van der Waals surface area contributed by atoms with Gasteiger partial charge in [-0.3, -0.25) is 0 Å². The van der Waals surface area contributed by atoms with E-state index in [4.69, 9.17) is 14.2 Å². The number of anilines is 2. The maximum absolute atomic E-state index is 6.07. The van der Waals surface area contributed by atoms with Gasteiger partial charge >= 0.3 is 0 Å². The molecule has 1 aromatic carbocycles. The minimum absolute atomic E-state index is 0.409. The highest BCUT2D eigenvalue weighted by Gasteiger charge is 2.09. The van der Waals surface area contributed by atoms with Crippen LogP contribution >= 0.6 is 0 Å². The first-order valence-electron chi connectivity index (χ1n) is 11.5. The van der Waals surface area contributed by atoms with E-state index in [1.165, 1.54) is 0 Å². The van der Waals surface area contributed by atoms with Crippen LogP contribution in [0, 0.1) is 0 Å². The van der Waals surface area contributed by atoms with E-state index in [9.17, 15) is 0 Å². The second-order valence-corrected chi connectivity index (χ2v) is 7.87. The Morgan fingerprint density at radius 2 is 2.00 bits per heavy atom. The first-order chi connectivity index (χ1) is 17.3. The number of benzene rings is 1. The molecule has 0 amide bonds. The third-order valence-electron chi connectivity index (χ3n) is 5.34. The summed E-state index contributed by atoms with van der Waals surface area (Å²) >= 11 is 0. The molecule has 3 aromatic heterocycles. The van der Waals surface area contributed by atoms with Crippen LogP contribution < -0.4 is 14.8 Å². The van der Waals surface area contributed by atoms with Gasteiger partial charge in [0.2, 0.25) is 11.8 Å². The van der Waals surface area contributed by atoms with Crippen LogP contribution in [0.2, 0.25) is 0 Å². The second kappa shape index (κ2) is 11.3. The first-order valence-corrected chi connectivity index (χ1v) is 11.5. The third kappa shape index (κ3) is 6.21. The lowest BCUT2D eigenvalue weighted by Gasteiger charge is -2.14. The maximum Gasteiger partial charge on any atom is 0.227 e. The smallest absolute Gasteiger partial charge is 0.227 e. The summed E-state index contributed by atoms with van der Waals surface area (Å²) in [4.78, 5) is 17.4. The zero-order valence-electron chi connectivity index (χ0n) is 19.2. The summed E-state index contributed by atoms with van der Waals surface area (Å²) in [5.74, 6) is 1.84. The molecule has 0 radical (unpaired) electrons. The molecule has 9 nitrogen and oxygen atoms in total. The number of nitrogens with one attached hydrogen (secondary N) is 1. The molecule has 9 heteroatoms. The van der Waals surface area contributed by atoms with Crippen molar-refractivity contribution in [1.82, 2.24) is 24.5 Å². The number of imidazole rings is 1. The molecular formula is C26H26N6O3. The molecule has 0 atom stereocenters. The van der Waals surface area contributed by atoms with Crippen LogP contribution in [0.1, 0.15) is 12.0 Å². The van der Waals surface area contributed by atoms with Crippen LogP contribution in [0.4, 0.5) is 11.6 Å². The van der Waals surface area contributed by atoms with E-state index >= 15 is 0 Å². The molecule has 0 aliphatic carbocycles. The van der Waals surface area contributed by atoms with E-state index in [0.717, 1.165) is 34.7 Å². The largest absolute Gasteiger partial charge is 0.491 e. The minimum atomic E-state index is 0.409. The quantitative estimate of drug-likeness (QED) is 0.438. The van der Waals surface area contributed by atoms with E-state index in [0.29, 0.717) is 44.8 Å². The van der Waals surface area contributed by atoms with Crippen molar-refractivity contribution in [3.8, 4) is 22.9 Å². The van der Waals surface area contributed by atoms with Crippen LogP contribution in [0.3, 0.4) is 0 Å². The van der Waals surface area contributed by atoms with Crippen molar-refractivity contribution in [2.75, 3.05) is 25.1 Å². The highest BCUT2D eigenvalue weighted by molar-refractivity contribution is 5.63. The fraction of sp³-hybridized carbons (Fsp3) is 0.231. The molecule has 0 spiro atoms. The van der Waals surface area contributed by atoms with Gasteiger partial charge in [-0.25, -0.2) is 19.9 Å². The summed E-state index contributed by atoms with van der Waals surface area (Å²) in [6.07, 6.45) is 13.7. The molecule has 0 saturated heterocycles. The van der Waals surface area contributed by atoms with Crippen LogP contribution in [-0.4, -0.2) is 44.3 Å². The van der Waals surface area contributed by atoms with Gasteiger partial charge in [0.05, 0.1) is 38.4 Å². The van der Waals surface area contributed by atoms with E-state index in [2.05, 4.69) is 25.3 Å². The topological polar surface area (TPSA) is 96.2 Å². The fourth-order valence-corrected chi connectivity index (χ4v) is 3.60. The third-order valence-corrected chi connectivity index (χ3v) is 5.34. The van der Waals surface area contributed by atoms with Crippen molar-refractivity contribution in [3.63, 3.8) is 0 Å². The molecule has 1 N–H and O–H groups in total. The molecular weight excluding hydrogens is 444 g/mol. The fourth-order valence-electron chi connectivity index (χ4n) is 3.60. The number of nitrogens with zero attached hydrogens (tertiary/aromatic N) is 5. The number of rotatable bonds is 4. The Bertz CT molecular complexity index is 1280. The van der Waals surface area contributed by atoms with Gasteiger partial charge in [-0.15, -0.1) is 0 Å². The van der Waals surface area contributed by atoms with Crippen molar-refractivity contribution >= 4 is 11.6 Å². The van der Waals surface area contributed by atoms with E-state index in [1.54, 1.807) is 24.9 Å². The summed E-state index contributed by atoms with van der Waals surface area (Å²) in [6.45, 7) is 2.66. The zero-order chi connectivity index (χ0) is 23.7. The van der Waals surface area contributed by atoms with Gasteiger partial charge in [-0.05, 0) is 36.8 Å². The molecule has 1 aliphatic heterocycles. The number of ether oxygens (including phenoxy) is 3. The standard InChI is InChI=1S/C26H26N6O3/c1-2-13-33-18-21-16-22(4-5-24(21)34-15-12-32-11-10-27-19-32)30-26-29-9-7-23(31-26)20-6-8-28-25(17-20)35-14-3-1/h1-2,4-11,16-17,19H,3,12-15,18H2,(H,29,30,31)/b2-1+. The molecule has 4 aromatic rings. The number of hydrogen-bond donors (Lipinski definition) is 1. The summed E-state index contributed by atoms with van der Waals surface area (Å²) in [6, 6.07) is 11.6. The van der Waals surface area contributed by atoms with E-state index < -0.39 is 0 Å². The van der Waals surface area contributed by atoms with E-state index in [-0.39, 0.29) is 0 Å².